The van der Waals surface area contributed by atoms with Crippen LogP contribution in [0, 0.1) is 0 Å². The number of guanidine groups is 1. The Kier molecular flexibility index (Phi) is 6.14. The number of rotatable bonds is 6. The van der Waals surface area contributed by atoms with Gasteiger partial charge in [0, 0.05) is 26.3 Å². The van der Waals surface area contributed by atoms with Crippen molar-refractivity contribution in [2.75, 3.05) is 13.1 Å². The second kappa shape index (κ2) is 8.33. The summed E-state index contributed by atoms with van der Waals surface area (Å²) >= 11 is 5.77. The van der Waals surface area contributed by atoms with Gasteiger partial charge in [0.05, 0.1) is 0 Å². The number of aliphatic imine (C=N–C) groups is 1. The smallest absolute Gasteiger partial charge is 0.191 e. The molecule has 2 aromatic heterocycles. The highest BCUT2D eigenvalue weighted by atomic mass is 35.5. The van der Waals surface area contributed by atoms with Crippen LogP contribution in [-0.4, -0.2) is 38.8 Å². The summed E-state index contributed by atoms with van der Waals surface area (Å²) in [6.45, 7) is 4.07. The number of aromatic nitrogens is 4. The van der Waals surface area contributed by atoms with E-state index < -0.39 is 0 Å². The zero-order chi connectivity index (χ0) is 15.8. The van der Waals surface area contributed by atoms with Crippen molar-refractivity contribution in [1.29, 1.82) is 0 Å². The van der Waals surface area contributed by atoms with Gasteiger partial charge in [0.15, 0.2) is 5.96 Å². The van der Waals surface area contributed by atoms with Gasteiger partial charge in [-0.15, -0.1) is 0 Å². The van der Waals surface area contributed by atoms with Crippen LogP contribution in [0.3, 0.4) is 0 Å². The molecule has 2 aromatic rings. The van der Waals surface area contributed by atoms with Crippen molar-refractivity contribution >= 4 is 17.6 Å². The highest BCUT2D eigenvalue weighted by molar-refractivity contribution is 6.29. The largest absolute Gasteiger partial charge is 0.357 e. The average Bonchev–Trinajstić information content (AvgIpc) is 2.92. The minimum absolute atomic E-state index is 0.480. The van der Waals surface area contributed by atoms with Gasteiger partial charge in [-0.05, 0) is 25.0 Å². The van der Waals surface area contributed by atoms with Gasteiger partial charge < -0.3 is 10.6 Å². The molecule has 0 radical (unpaired) electrons. The summed E-state index contributed by atoms with van der Waals surface area (Å²) in [5, 5.41) is 11.0. The number of nitrogens with zero attached hydrogens (tertiary/aromatic N) is 5. The van der Waals surface area contributed by atoms with Gasteiger partial charge >= 0.3 is 0 Å². The fourth-order valence-corrected chi connectivity index (χ4v) is 1.95. The van der Waals surface area contributed by atoms with Gasteiger partial charge in [-0.3, -0.25) is 4.68 Å². The number of nitrogens with one attached hydrogen (secondary N) is 2. The van der Waals surface area contributed by atoms with Crippen LogP contribution in [0.25, 0.3) is 0 Å². The third-order valence-corrected chi connectivity index (χ3v) is 3.25. The van der Waals surface area contributed by atoms with Crippen LogP contribution in [0.15, 0.2) is 29.6 Å². The second-order valence-electron chi connectivity index (χ2n) is 4.66. The molecular weight excluding hydrogens is 302 g/mol. The van der Waals surface area contributed by atoms with Crippen molar-refractivity contribution in [1.82, 2.24) is 30.4 Å². The van der Waals surface area contributed by atoms with Crippen LogP contribution in [0.2, 0.25) is 5.15 Å². The van der Waals surface area contributed by atoms with Crippen molar-refractivity contribution in [3.05, 3.63) is 41.2 Å². The fraction of sp³-hybridized carbons (Fsp3) is 0.429. The van der Waals surface area contributed by atoms with Crippen LogP contribution in [0.4, 0.5) is 0 Å². The standard InChI is InChI=1S/C14H20ClN7/c1-3-16-14(19-9-13-20-10-21-22(13)2)17-7-6-11-4-5-12(15)18-8-11/h4-5,8,10H,3,6-7,9H2,1-2H3,(H2,16,17,19). The van der Waals surface area contributed by atoms with Gasteiger partial charge in [-0.1, -0.05) is 17.7 Å². The van der Waals surface area contributed by atoms with Crippen LogP contribution in [-0.2, 0) is 20.0 Å². The van der Waals surface area contributed by atoms with Gasteiger partial charge in [0.1, 0.15) is 23.8 Å². The van der Waals surface area contributed by atoms with E-state index in [0.717, 1.165) is 36.9 Å². The lowest BCUT2D eigenvalue weighted by Gasteiger charge is -2.11. The van der Waals surface area contributed by atoms with Crippen LogP contribution in [0.1, 0.15) is 18.3 Å². The van der Waals surface area contributed by atoms with E-state index in [2.05, 4.69) is 30.7 Å². The minimum atomic E-state index is 0.480. The van der Waals surface area contributed by atoms with E-state index in [0.29, 0.717) is 11.7 Å². The molecule has 0 unspecified atom stereocenters. The van der Waals surface area contributed by atoms with Crippen LogP contribution < -0.4 is 10.6 Å². The Bertz CT molecular complexity index is 606. The maximum atomic E-state index is 5.77. The number of aryl methyl sites for hydroxylation is 1. The number of hydrogen-bond acceptors (Lipinski definition) is 4. The Labute approximate surface area is 134 Å². The lowest BCUT2D eigenvalue weighted by atomic mass is 10.2. The van der Waals surface area contributed by atoms with E-state index in [-0.39, 0.29) is 0 Å². The highest BCUT2D eigenvalue weighted by Gasteiger charge is 2.02. The summed E-state index contributed by atoms with van der Waals surface area (Å²) in [5.41, 5.74) is 1.13. The maximum Gasteiger partial charge on any atom is 0.191 e. The molecule has 0 aliphatic rings. The molecule has 0 fully saturated rings. The summed E-state index contributed by atoms with van der Waals surface area (Å²) < 4.78 is 1.71. The van der Waals surface area contributed by atoms with Gasteiger partial charge in [0.25, 0.3) is 0 Å². The summed E-state index contributed by atoms with van der Waals surface area (Å²) in [5.74, 6) is 1.58. The summed E-state index contributed by atoms with van der Waals surface area (Å²) in [4.78, 5) is 12.7. The van der Waals surface area contributed by atoms with Crippen molar-refractivity contribution in [2.45, 2.75) is 19.9 Å². The van der Waals surface area contributed by atoms with E-state index >= 15 is 0 Å². The molecule has 22 heavy (non-hydrogen) atoms. The van der Waals surface area contributed by atoms with Crippen molar-refractivity contribution in [3.63, 3.8) is 0 Å². The molecule has 7 nitrogen and oxygen atoms in total. The van der Waals surface area contributed by atoms with E-state index in [1.54, 1.807) is 16.9 Å². The van der Waals surface area contributed by atoms with Gasteiger partial charge in [-0.25, -0.2) is 15.0 Å². The van der Waals surface area contributed by atoms with E-state index in [4.69, 9.17) is 11.6 Å². The first-order valence-electron chi connectivity index (χ1n) is 7.14. The lowest BCUT2D eigenvalue weighted by molar-refractivity contribution is 0.697. The van der Waals surface area contributed by atoms with E-state index in [1.807, 2.05) is 20.0 Å². The van der Waals surface area contributed by atoms with E-state index in [1.165, 1.54) is 6.33 Å². The first-order chi connectivity index (χ1) is 10.7. The fourth-order valence-electron chi connectivity index (χ4n) is 1.83. The third kappa shape index (κ3) is 5.00. The molecular formula is C14H20ClN7. The SMILES string of the molecule is CCNC(=NCc1ncnn1C)NCCc1ccc(Cl)nc1. The topological polar surface area (TPSA) is 80.0 Å². The van der Waals surface area contributed by atoms with Gasteiger partial charge in [0.2, 0.25) is 0 Å². The Morgan fingerprint density at radius 1 is 1.32 bits per heavy atom. The Hall–Kier alpha value is -2.15. The molecule has 2 heterocycles. The molecule has 0 bridgehead atoms. The second-order valence-corrected chi connectivity index (χ2v) is 5.05. The van der Waals surface area contributed by atoms with Crippen LogP contribution in [0.5, 0.6) is 0 Å². The zero-order valence-corrected chi connectivity index (χ0v) is 13.5. The molecule has 0 aromatic carbocycles. The molecule has 0 saturated heterocycles. The third-order valence-electron chi connectivity index (χ3n) is 3.02. The first-order valence-corrected chi connectivity index (χ1v) is 7.52. The molecule has 118 valence electrons. The molecule has 0 spiro atoms. The number of halogens is 1. The monoisotopic (exact) mass is 321 g/mol. The number of hydrogen-bond donors (Lipinski definition) is 2. The molecule has 0 saturated carbocycles. The quantitative estimate of drug-likeness (QED) is 0.474. The predicted octanol–water partition coefficient (Wildman–Crippen LogP) is 1.16. The Balaban J connectivity index is 1.85. The molecule has 0 aliphatic heterocycles. The van der Waals surface area contributed by atoms with Gasteiger partial charge in [-0.2, -0.15) is 5.10 Å². The first kappa shape index (κ1) is 16.2. The molecule has 2 N–H and O–H groups in total. The zero-order valence-electron chi connectivity index (χ0n) is 12.8. The maximum absolute atomic E-state index is 5.77. The Morgan fingerprint density at radius 2 is 2.18 bits per heavy atom. The summed E-state index contributed by atoms with van der Waals surface area (Å²) in [6.07, 6.45) is 4.16. The molecule has 0 amide bonds. The predicted molar refractivity (Wildman–Crippen MR) is 86.8 cm³/mol. The van der Waals surface area contributed by atoms with Crippen molar-refractivity contribution in [2.24, 2.45) is 12.0 Å². The minimum Gasteiger partial charge on any atom is -0.357 e. The highest BCUT2D eigenvalue weighted by Crippen LogP contribution is 2.05. The molecule has 0 atom stereocenters. The number of pyridine rings is 1. The lowest BCUT2D eigenvalue weighted by Crippen LogP contribution is -2.38. The summed E-state index contributed by atoms with van der Waals surface area (Å²) in [7, 11) is 1.85. The molecule has 0 aliphatic carbocycles. The van der Waals surface area contributed by atoms with Crippen molar-refractivity contribution in [3.8, 4) is 0 Å². The average molecular weight is 322 g/mol. The van der Waals surface area contributed by atoms with Crippen LogP contribution >= 0.6 is 11.6 Å². The van der Waals surface area contributed by atoms with E-state index in [9.17, 15) is 0 Å². The molecule has 2 rings (SSSR count). The summed E-state index contributed by atoms with van der Waals surface area (Å²) in [6, 6.07) is 3.77. The molecule has 8 heteroatoms. The Morgan fingerprint density at radius 3 is 2.82 bits per heavy atom. The van der Waals surface area contributed by atoms with Crippen molar-refractivity contribution < 1.29 is 0 Å². The normalized spacial score (nSPS) is 11.5.